The van der Waals surface area contributed by atoms with Crippen molar-refractivity contribution >= 4 is 0 Å². The fourth-order valence-electron chi connectivity index (χ4n) is 1.50. The van der Waals surface area contributed by atoms with Gasteiger partial charge in [0, 0.05) is 13.2 Å². The van der Waals surface area contributed by atoms with Crippen molar-refractivity contribution in [1.82, 2.24) is 0 Å². The van der Waals surface area contributed by atoms with E-state index in [1.807, 2.05) is 13.0 Å². The summed E-state index contributed by atoms with van der Waals surface area (Å²) in [5.41, 5.74) is -0.103. The molecule has 3 nitrogen and oxygen atoms in total. The minimum Gasteiger partial charge on any atom is -0.391 e. The van der Waals surface area contributed by atoms with Gasteiger partial charge in [-0.1, -0.05) is 6.92 Å². The molecule has 1 saturated heterocycles. The van der Waals surface area contributed by atoms with E-state index in [0.717, 1.165) is 12.8 Å². The van der Waals surface area contributed by atoms with Gasteiger partial charge in [-0.3, -0.25) is 0 Å². The number of hydrogen-bond donors (Lipinski definition) is 1. The van der Waals surface area contributed by atoms with Crippen LogP contribution in [0.4, 0.5) is 0 Å². The van der Waals surface area contributed by atoms with E-state index in [9.17, 15) is 5.11 Å². The van der Waals surface area contributed by atoms with Gasteiger partial charge >= 0.3 is 0 Å². The van der Waals surface area contributed by atoms with Gasteiger partial charge in [-0.05, 0) is 18.3 Å². The third-order valence-electron chi connectivity index (χ3n) is 2.72. The molecule has 1 N–H and O–H groups in total. The summed E-state index contributed by atoms with van der Waals surface area (Å²) < 4.78 is 5.20. The molecule has 3 heteroatoms. The SMILES string of the molecule is CC1(C(O)CC#N)CCOCC1. The predicted octanol–water partition coefficient (Wildman–Crippen LogP) is 1.08. The Bertz CT molecular complexity index is 179. The first-order chi connectivity index (χ1) is 5.69. The lowest BCUT2D eigenvalue weighted by Gasteiger charge is -2.36. The highest BCUT2D eigenvalue weighted by Crippen LogP contribution is 2.34. The molecule has 1 fully saturated rings. The van der Waals surface area contributed by atoms with E-state index in [4.69, 9.17) is 10.00 Å². The average Bonchev–Trinajstić information content (AvgIpc) is 2.06. The Morgan fingerprint density at radius 1 is 1.58 bits per heavy atom. The zero-order chi connectivity index (χ0) is 9.03. The van der Waals surface area contributed by atoms with E-state index in [1.165, 1.54) is 0 Å². The van der Waals surface area contributed by atoms with Crippen molar-refractivity contribution in [3.8, 4) is 6.07 Å². The molecule has 0 radical (unpaired) electrons. The standard InChI is InChI=1S/C9H15NO2/c1-9(8(11)2-5-10)3-6-12-7-4-9/h8,11H,2-4,6-7H2,1H3. The number of aliphatic hydroxyl groups is 1. The second kappa shape index (κ2) is 3.88. The average molecular weight is 169 g/mol. The normalized spacial score (nSPS) is 24.4. The maximum absolute atomic E-state index is 9.66. The Kier molecular flexibility index (Phi) is 3.07. The first-order valence-electron chi connectivity index (χ1n) is 4.32. The van der Waals surface area contributed by atoms with Crippen LogP contribution in [0.25, 0.3) is 0 Å². The van der Waals surface area contributed by atoms with Gasteiger partial charge in [-0.25, -0.2) is 0 Å². The van der Waals surface area contributed by atoms with Crippen LogP contribution in [0.3, 0.4) is 0 Å². The number of rotatable bonds is 2. The summed E-state index contributed by atoms with van der Waals surface area (Å²) in [6, 6.07) is 2.00. The van der Waals surface area contributed by atoms with E-state index < -0.39 is 6.10 Å². The molecule has 68 valence electrons. The van der Waals surface area contributed by atoms with Gasteiger partial charge in [0.1, 0.15) is 0 Å². The maximum atomic E-state index is 9.66. The van der Waals surface area contributed by atoms with Gasteiger partial charge in [0.05, 0.1) is 18.6 Å². The molecule has 1 heterocycles. The lowest BCUT2D eigenvalue weighted by molar-refractivity contribution is -0.0487. The van der Waals surface area contributed by atoms with Crippen molar-refractivity contribution in [1.29, 1.82) is 5.26 Å². The largest absolute Gasteiger partial charge is 0.391 e. The Balaban J connectivity index is 2.51. The van der Waals surface area contributed by atoms with E-state index in [0.29, 0.717) is 13.2 Å². The fraction of sp³-hybridized carbons (Fsp3) is 0.889. The summed E-state index contributed by atoms with van der Waals surface area (Å²) in [5, 5.41) is 18.1. The number of hydrogen-bond acceptors (Lipinski definition) is 3. The molecule has 0 amide bonds. The first-order valence-corrected chi connectivity index (χ1v) is 4.32. The molecule has 1 unspecified atom stereocenters. The summed E-state index contributed by atoms with van der Waals surface area (Å²) >= 11 is 0. The Labute approximate surface area is 73.0 Å². The molecule has 0 aliphatic carbocycles. The Hall–Kier alpha value is -0.590. The van der Waals surface area contributed by atoms with Gasteiger partial charge < -0.3 is 9.84 Å². The van der Waals surface area contributed by atoms with E-state index in [2.05, 4.69) is 0 Å². The monoisotopic (exact) mass is 169 g/mol. The highest BCUT2D eigenvalue weighted by Gasteiger charge is 2.34. The van der Waals surface area contributed by atoms with Gasteiger partial charge in [0.2, 0.25) is 0 Å². The minimum atomic E-state index is -0.494. The van der Waals surface area contributed by atoms with Crippen LogP contribution in [0.15, 0.2) is 0 Å². The minimum absolute atomic E-state index is 0.103. The Morgan fingerprint density at radius 3 is 2.67 bits per heavy atom. The van der Waals surface area contributed by atoms with Crippen LogP contribution < -0.4 is 0 Å². The van der Waals surface area contributed by atoms with Crippen molar-refractivity contribution in [2.24, 2.45) is 5.41 Å². The number of nitrogens with zero attached hydrogens (tertiary/aromatic N) is 1. The van der Waals surface area contributed by atoms with Crippen LogP contribution in [0.2, 0.25) is 0 Å². The summed E-state index contributed by atoms with van der Waals surface area (Å²) in [6.07, 6.45) is 1.45. The summed E-state index contributed by atoms with van der Waals surface area (Å²) in [5.74, 6) is 0. The van der Waals surface area contributed by atoms with Crippen LogP contribution in [0.5, 0.6) is 0 Å². The van der Waals surface area contributed by atoms with E-state index in [1.54, 1.807) is 0 Å². The van der Waals surface area contributed by atoms with Crippen molar-refractivity contribution < 1.29 is 9.84 Å². The molecule has 1 aliphatic rings. The van der Waals surface area contributed by atoms with E-state index >= 15 is 0 Å². The molecule has 0 saturated carbocycles. The van der Waals surface area contributed by atoms with Gasteiger partial charge in [0.25, 0.3) is 0 Å². The second-order valence-electron chi connectivity index (χ2n) is 3.64. The number of nitriles is 1. The van der Waals surface area contributed by atoms with Crippen molar-refractivity contribution in [3.63, 3.8) is 0 Å². The molecule has 12 heavy (non-hydrogen) atoms. The quantitative estimate of drug-likeness (QED) is 0.673. The first kappa shape index (κ1) is 9.50. The molecular weight excluding hydrogens is 154 g/mol. The van der Waals surface area contributed by atoms with Crippen molar-refractivity contribution in [2.45, 2.75) is 32.3 Å². The predicted molar refractivity (Wildman–Crippen MR) is 44.4 cm³/mol. The molecule has 0 spiro atoms. The smallest absolute Gasteiger partial charge is 0.0725 e. The summed E-state index contributed by atoms with van der Waals surface area (Å²) in [7, 11) is 0. The lowest BCUT2D eigenvalue weighted by Crippen LogP contribution is -2.37. The van der Waals surface area contributed by atoms with Crippen molar-refractivity contribution in [2.75, 3.05) is 13.2 Å². The van der Waals surface area contributed by atoms with Crippen LogP contribution in [0, 0.1) is 16.7 Å². The zero-order valence-electron chi connectivity index (χ0n) is 7.42. The second-order valence-corrected chi connectivity index (χ2v) is 3.64. The summed E-state index contributed by atoms with van der Waals surface area (Å²) in [6.45, 7) is 3.44. The van der Waals surface area contributed by atoms with Gasteiger partial charge in [-0.2, -0.15) is 5.26 Å². The molecule has 1 rings (SSSR count). The highest BCUT2D eigenvalue weighted by atomic mass is 16.5. The van der Waals surface area contributed by atoms with Crippen LogP contribution in [-0.2, 0) is 4.74 Å². The van der Waals surface area contributed by atoms with Gasteiger partial charge in [-0.15, -0.1) is 0 Å². The number of aliphatic hydroxyl groups excluding tert-OH is 1. The molecular formula is C9H15NO2. The molecule has 0 bridgehead atoms. The molecule has 0 aromatic rings. The lowest BCUT2D eigenvalue weighted by atomic mass is 9.76. The van der Waals surface area contributed by atoms with Crippen LogP contribution >= 0.6 is 0 Å². The van der Waals surface area contributed by atoms with Crippen molar-refractivity contribution in [3.05, 3.63) is 0 Å². The topological polar surface area (TPSA) is 53.2 Å². The molecule has 0 aromatic heterocycles. The third-order valence-corrected chi connectivity index (χ3v) is 2.72. The van der Waals surface area contributed by atoms with Crippen LogP contribution in [-0.4, -0.2) is 24.4 Å². The van der Waals surface area contributed by atoms with Crippen LogP contribution in [0.1, 0.15) is 26.2 Å². The summed E-state index contributed by atoms with van der Waals surface area (Å²) in [4.78, 5) is 0. The maximum Gasteiger partial charge on any atom is 0.0725 e. The molecule has 1 aliphatic heterocycles. The van der Waals surface area contributed by atoms with E-state index in [-0.39, 0.29) is 11.8 Å². The Morgan fingerprint density at radius 2 is 2.17 bits per heavy atom. The zero-order valence-corrected chi connectivity index (χ0v) is 7.42. The van der Waals surface area contributed by atoms with Gasteiger partial charge in [0.15, 0.2) is 0 Å². The highest BCUT2D eigenvalue weighted by molar-refractivity contribution is 4.89. The number of ether oxygens (including phenoxy) is 1. The third kappa shape index (κ3) is 1.96. The molecule has 1 atom stereocenters. The fourth-order valence-corrected chi connectivity index (χ4v) is 1.50. The molecule has 0 aromatic carbocycles.